The van der Waals surface area contributed by atoms with Crippen LogP contribution in [0.15, 0.2) is 12.1 Å². The molecule has 3 atom stereocenters. The summed E-state index contributed by atoms with van der Waals surface area (Å²) in [7, 11) is 2.25. The Bertz CT molecular complexity index is 506. The first-order chi connectivity index (χ1) is 10.1. The third-order valence-electron chi connectivity index (χ3n) is 5.50. The average Bonchev–Trinajstić information content (AvgIpc) is 2.66. The van der Waals surface area contributed by atoms with Crippen LogP contribution in [0, 0.1) is 6.92 Å². The normalized spacial score (nSPS) is 29.4. The predicted octanol–water partition coefficient (Wildman–Crippen LogP) is 3.32. The van der Waals surface area contributed by atoms with Crippen LogP contribution in [0.5, 0.6) is 5.75 Å². The van der Waals surface area contributed by atoms with Crippen molar-refractivity contribution < 1.29 is 5.11 Å². The number of aromatic hydroxyl groups is 1. The van der Waals surface area contributed by atoms with E-state index in [4.69, 9.17) is 0 Å². The molecule has 1 aliphatic heterocycles. The zero-order valence-corrected chi connectivity index (χ0v) is 13.5. The number of hydrogen-bond acceptors (Lipinski definition) is 3. The molecule has 0 radical (unpaired) electrons. The maximum atomic E-state index is 10.4. The highest BCUT2D eigenvalue weighted by Gasteiger charge is 2.36. The van der Waals surface area contributed by atoms with Crippen molar-refractivity contribution in [3.05, 3.63) is 28.8 Å². The summed E-state index contributed by atoms with van der Waals surface area (Å²) in [5.74, 6) is 1.03. The molecule has 2 N–H and O–H groups in total. The number of phenols is 1. The summed E-state index contributed by atoms with van der Waals surface area (Å²) in [4.78, 5) is 2.54. The van der Waals surface area contributed by atoms with Crippen LogP contribution in [0.25, 0.3) is 0 Å². The third kappa shape index (κ3) is 2.69. The Kier molecular flexibility index (Phi) is 4.23. The highest BCUT2D eigenvalue weighted by Crippen LogP contribution is 2.49. The van der Waals surface area contributed by atoms with E-state index in [1.807, 2.05) is 6.07 Å². The van der Waals surface area contributed by atoms with Gasteiger partial charge in [-0.3, -0.25) is 4.90 Å². The predicted molar refractivity (Wildman–Crippen MR) is 86.9 cm³/mol. The Balaban J connectivity index is 1.89. The summed E-state index contributed by atoms with van der Waals surface area (Å²) in [6.45, 7) is 6.73. The van der Waals surface area contributed by atoms with E-state index in [0.717, 1.165) is 19.5 Å². The van der Waals surface area contributed by atoms with Gasteiger partial charge in [-0.25, -0.2) is 0 Å². The number of hydrogen-bond donors (Lipinski definition) is 2. The Morgan fingerprint density at radius 2 is 2.00 bits per heavy atom. The van der Waals surface area contributed by atoms with Gasteiger partial charge in [0.25, 0.3) is 0 Å². The first-order valence-electron chi connectivity index (χ1n) is 8.34. The standard InChI is InChI=1S/C18H28N2O/c1-12-6-7-16(21)18-15(11-13(2)17(12)18)20(3)14-5-4-9-19-10-8-14/h6-7,13-15,19,21H,4-5,8-11H2,1-3H3. The van der Waals surface area contributed by atoms with E-state index in [1.54, 1.807) is 0 Å². The Labute approximate surface area is 128 Å². The fourth-order valence-electron chi connectivity index (χ4n) is 4.34. The van der Waals surface area contributed by atoms with Gasteiger partial charge in [-0.2, -0.15) is 0 Å². The van der Waals surface area contributed by atoms with Crippen LogP contribution in [0.2, 0.25) is 0 Å². The molecule has 1 fully saturated rings. The molecule has 1 aromatic rings. The number of aryl methyl sites for hydroxylation is 1. The molecule has 2 aliphatic rings. The minimum Gasteiger partial charge on any atom is -0.508 e. The van der Waals surface area contributed by atoms with E-state index in [1.165, 1.54) is 36.0 Å². The van der Waals surface area contributed by atoms with Crippen LogP contribution in [0.1, 0.15) is 61.3 Å². The maximum absolute atomic E-state index is 10.4. The molecule has 0 saturated carbocycles. The summed E-state index contributed by atoms with van der Waals surface area (Å²) >= 11 is 0. The average molecular weight is 288 g/mol. The first-order valence-corrected chi connectivity index (χ1v) is 8.34. The molecule has 0 amide bonds. The van der Waals surface area contributed by atoms with Gasteiger partial charge in [0.2, 0.25) is 0 Å². The van der Waals surface area contributed by atoms with Crippen LogP contribution in [0.3, 0.4) is 0 Å². The minimum absolute atomic E-state index is 0.373. The largest absolute Gasteiger partial charge is 0.508 e. The van der Waals surface area contributed by atoms with E-state index < -0.39 is 0 Å². The summed E-state index contributed by atoms with van der Waals surface area (Å²) in [5, 5.41) is 13.9. The Hall–Kier alpha value is -1.06. The molecule has 0 aromatic heterocycles. The van der Waals surface area contributed by atoms with Gasteiger partial charge in [-0.15, -0.1) is 0 Å². The summed E-state index contributed by atoms with van der Waals surface area (Å²) in [6, 6.07) is 4.94. The van der Waals surface area contributed by atoms with Crippen molar-refractivity contribution in [2.24, 2.45) is 0 Å². The van der Waals surface area contributed by atoms with E-state index in [2.05, 4.69) is 37.2 Å². The zero-order valence-electron chi connectivity index (χ0n) is 13.5. The Morgan fingerprint density at radius 3 is 2.81 bits per heavy atom. The van der Waals surface area contributed by atoms with Gasteiger partial charge in [0.1, 0.15) is 5.75 Å². The lowest BCUT2D eigenvalue weighted by Gasteiger charge is -2.33. The molecule has 116 valence electrons. The molecule has 0 bridgehead atoms. The van der Waals surface area contributed by atoms with Gasteiger partial charge < -0.3 is 10.4 Å². The smallest absolute Gasteiger partial charge is 0.120 e. The molecule has 1 saturated heterocycles. The van der Waals surface area contributed by atoms with E-state index >= 15 is 0 Å². The monoisotopic (exact) mass is 288 g/mol. The Morgan fingerprint density at radius 1 is 1.19 bits per heavy atom. The first kappa shape index (κ1) is 14.9. The van der Waals surface area contributed by atoms with Gasteiger partial charge in [0, 0.05) is 17.6 Å². The molecule has 3 rings (SSSR count). The van der Waals surface area contributed by atoms with Gasteiger partial charge in [-0.1, -0.05) is 13.0 Å². The van der Waals surface area contributed by atoms with Crippen molar-refractivity contribution in [1.82, 2.24) is 10.2 Å². The second-order valence-corrected chi connectivity index (χ2v) is 6.88. The lowest BCUT2D eigenvalue weighted by Crippen LogP contribution is -2.35. The molecule has 3 nitrogen and oxygen atoms in total. The van der Waals surface area contributed by atoms with Crippen molar-refractivity contribution >= 4 is 0 Å². The summed E-state index contributed by atoms with van der Waals surface area (Å²) < 4.78 is 0. The van der Waals surface area contributed by atoms with E-state index in [-0.39, 0.29) is 0 Å². The quantitative estimate of drug-likeness (QED) is 0.876. The zero-order chi connectivity index (χ0) is 15.0. The van der Waals surface area contributed by atoms with E-state index in [9.17, 15) is 5.11 Å². The molecule has 3 heteroatoms. The van der Waals surface area contributed by atoms with Crippen molar-refractivity contribution in [1.29, 1.82) is 0 Å². The second kappa shape index (κ2) is 5.98. The highest BCUT2D eigenvalue weighted by molar-refractivity contribution is 5.51. The van der Waals surface area contributed by atoms with Crippen molar-refractivity contribution in [3.8, 4) is 5.75 Å². The van der Waals surface area contributed by atoms with Crippen LogP contribution in [-0.2, 0) is 0 Å². The maximum Gasteiger partial charge on any atom is 0.120 e. The number of fused-ring (bicyclic) bond motifs is 1. The number of phenolic OH excluding ortho intramolecular Hbond substituents is 1. The lowest BCUT2D eigenvalue weighted by molar-refractivity contribution is 0.155. The minimum atomic E-state index is 0.373. The second-order valence-electron chi connectivity index (χ2n) is 6.88. The number of nitrogens with one attached hydrogen (secondary N) is 1. The topological polar surface area (TPSA) is 35.5 Å². The van der Waals surface area contributed by atoms with Crippen LogP contribution < -0.4 is 5.32 Å². The van der Waals surface area contributed by atoms with Gasteiger partial charge in [0.05, 0.1) is 0 Å². The van der Waals surface area contributed by atoms with Crippen molar-refractivity contribution in [2.75, 3.05) is 20.1 Å². The number of rotatable bonds is 2. The molecule has 3 unspecified atom stereocenters. The SMILES string of the molecule is Cc1ccc(O)c2c1C(C)CC2N(C)C1CCCNCC1. The van der Waals surface area contributed by atoms with Crippen molar-refractivity contribution in [2.45, 2.75) is 57.5 Å². The van der Waals surface area contributed by atoms with Gasteiger partial charge >= 0.3 is 0 Å². The summed E-state index contributed by atoms with van der Waals surface area (Å²) in [6.07, 6.45) is 4.86. The van der Waals surface area contributed by atoms with Crippen LogP contribution in [-0.4, -0.2) is 36.2 Å². The highest BCUT2D eigenvalue weighted by atomic mass is 16.3. The number of nitrogens with zero attached hydrogens (tertiary/aromatic N) is 1. The van der Waals surface area contributed by atoms with Gasteiger partial charge in [-0.05, 0) is 75.9 Å². The molecule has 0 spiro atoms. The number of benzene rings is 1. The lowest BCUT2D eigenvalue weighted by atomic mass is 9.97. The van der Waals surface area contributed by atoms with E-state index in [0.29, 0.717) is 23.8 Å². The molecule has 21 heavy (non-hydrogen) atoms. The molecular weight excluding hydrogens is 260 g/mol. The molecule has 1 aromatic carbocycles. The summed E-state index contributed by atoms with van der Waals surface area (Å²) in [5.41, 5.74) is 3.91. The molecule has 1 heterocycles. The van der Waals surface area contributed by atoms with Crippen LogP contribution >= 0.6 is 0 Å². The van der Waals surface area contributed by atoms with Crippen LogP contribution in [0.4, 0.5) is 0 Å². The van der Waals surface area contributed by atoms with Gasteiger partial charge in [0.15, 0.2) is 0 Å². The van der Waals surface area contributed by atoms with Crippen molar-refractivity contribution in [3.63, 3.8) is 0 Å². The fraction of sp³-hybridized carbons (Fsp3) is 0.667. The fourth-order valence-corrected chi connectivity index (χ4v) is 4.34. The molecule has 1 aliphatic carbocycles. The molecular formula is C18H28N2O. The third-order valence-corrected chi connectivity index (χ3v) is 5.50.